The molecule has 0 fully saturated rings. The molecule has 1 aromatic rings. The molecule has 1 rings (SSSR count). The molecule has 1 aromatic heterocycles. The number of hydrogen-bond acceptors (Lipinski definition) is 7. The van der Waals surface area contributed by atoms with Gasteiger partial charge in [0.25, 0.3) is 0 Å². The molecule has 0 aliphatic carbocycles. The number of nitro groups is 1. The molecule has 1 heterocycles. The first-order valence-corrected chi connectivity index (χ1v) is 5.80. The van der Waals surface area contributed by atoms with Gasteiger partial charge in [0.05, 0.1) is 45.0 Å². The van der Waals surface area contributed by atoms with Crippen LogP contribution in [0.2, 0.25) is 0 Å². The third kappa shape index (κ3) is 5.20. The zero-order valence-electron chi connectivity index (χ0n) is 10.8. The summed E-state index contributed by atoms with van der Waals surface area (Å²) in [4.78, 5) is 10.1. The van der Waals surface area contributed by atoms with E-state index in [4.69, 9.17) is 19.9 Å². The Morgan fingerprint density at radius 2 is 2.05 bits per heavy atom. The monoisotopic (exact) mass is 274 g/mol. The first kappa shape index (κ1) is 15.3. The van der Waals surface area contributed by atoms with E-state index in [1.54, 1.807) is 0 Å². The summed E-state index contributed by atoms with van der Waals surface area (Å²) >= 11 is 0. The average molecular weight is 274 g/mol. The van der Waals surface area contributed by atoms with Crippen LogP contribution in [0.4, 0.5) is 5.69 Å². The van der Waals surface area contributed by atoms with E-state index < -0.39 is 4.92 Å². The van der Waals surface area contributed by atoms with E-state index in [2.05, 4.69) is 5.10 Å². The van der Waals surface area contributed by atoms with Gasteiger partial charge in [-0.2, -0.15) is 0 Å². The van der Waals surface area contributed by atoms with Gasteiger partial charge >= 0.3 is 11.6 Å². The molecule has 0 aromatic carbocycles. The van der Waals surface area contributed by atoms with Gasteiger partial charge in [0.2, 0.25) is 0 Å². The lowest BCUT2D eigenvalue weighted by Crippen LogP contribution is -2.13. The number of nitrogens with zero attached hydrogens (tertiary/aromatic N) is 3. The van der Waals surface area contributed by atoms with Gasteiger partial charge in [0.1, 0.15) is 6.20 Å². The highest BCUT2D eigenvalue weighted by Crippen LogP contribution is 2.23. The number of ether oxygens (including phenoxy) is 3. The molecule has 19 heavy (non-hydrogen) atoms. The van der Waals surface area contributed by atoms with Gasteiger partial charge in [-0.1, -0.05) is 0 Å². The summed E-state index contributed by atoms with van der Waals surface area (Å²) in [6, 6.07) is 0. The molecule has 0 spiro atoms. The van der Waals surface area contributed by atoms with Gasteiger partial charge in [0.15, 0.2) is 0 Å². The Morgan fingerprint density at radius 3 is 2.58 bits per heavy atom. The standard InChI is InChI=1S/C10H18N4O5/c1-17-10-9(14(15)16)8-13(12-10)3-5-19-7-6-18-4-2-11/h8H,2-7,11H2,1H3. The summed E-state index contributed by atoms with van der Waals surface area (Å²) < 4.78 is 16.6. The van der Waals surface area contributed by atoms with Gasteiger partial charge in [-0.3, -0.25) is 14.8 Å². The minimum Gasteiger partial charge on any atom is -0.475 e. The second-order valence-electron chi connectivity index (χ2n) is 3.56. The minimum atomic E-state index is -0.538. The van der Waals surface area contributed by atoms with Crippen molar-refractivity contribution in [2.24, 2.45) is 5.73 Å². The van der Waals surface area contributed by atoms with E-state index in [0.29, 0.717) is 39.5 Å². The smallest absolute Gasteiger partial charge is 0.350 e. The highest BCUT2D eigenvalue weighted by molar-refractivity contribution is 5.38. The van der Waals surface area contributed by atoms with E-state index in [1.807, 2.05) is 0 Å². The third-order valence-electron chi connectivity index (χ3n) is 2.20. The largest absolute Gasteiger partial charge is 0.475 e. The van der Waals surface area contributed by atoms with Crippen LogP contribution in [0.1, 0.15) is 0 Å². The molecular formula is C10H18N4O5. The Hall–Kier alpha value is -1.71. The molecule has 0 radical (unpaired) electrons. The van der Waals surface area contributed by atoms with Crippen molar-refractivity contribution < 1.29 is 19.1 Å². The molecule has 0 amide bonds. The molecule has 2 N–H and O–H groups in total. The van der Waals surface area contributed by atoms with E-state index in [0.717, 1.165) is 0 Å². The number of aromatic nitrogens is 2. The maximum absolute atomic E-state index is 10.7. The van der Waals surface area contributed by atoms with Crippen LogP contribution in [0.5, 0.6) is 5.88 Å². The predicted molar refractivity (Wildman–Crippen MR) is 66.1 cm³/mol. The molecule has 9 heteroatoms. The van der Waals surface area contributed by atoms with Crippen molar-refractivity contribution in [3.8, 4) is 5.88 Å². The second-order valence-corrected chi connectivity index (χ2v) is 3.56. The Kier molecular flexibility index (Phi) is 6.79. The van der Waals surface area contributed by atoms with Crippen LogP contribution in [0, 0.1) is 10.1 Å². The summed E-state index contributed by atoms with van der Waals surface area (Å²) in [7, 11) is 1.34. The fourth-order valence-electron chi connectivity index (χ4n) is 1.34. The number of rotatable bonds is 10. The lowest BCUT2D eigenvalue weighted by atomic mass is 10.5. The van der Waals surface area contributed by atoms with Crippen molar-refractivity contribution >= 4 is 5.69 Å². The zero-order chi connectivity index (χ0) is 14.1. The van der Waals surface area contributed by atoms with Crippen LogP contribution in [-0.2, 0) is 16.0 Å². The van der Waals surface area contributed by atoms with Crippen molar-refractivity contribution in [2.75, 3.05) is 40.1 Å². The molecule has 108 valence electrons. The van der Waals surface area contributed by atoms with Gasteiger partial charge in [-0.15, -0.1) is 5.10 Å². The average Bonchev–Trinajstić information content (AvgIpc) is 2.81. The van der Waals surface area contributed by atoms with Crippen LogP contribution < -0.4 is 10.5 Å². The van der Waals surface area contributed by atoms with Crippen LogP contribution in [-0.4, -0.2) is 54.8 Å². The fraction of sp³-hybridized carbons (Fsp3) is 0.700. The molecule has 0 aliphatic heterocycles. The van der Waals surface area contributed by atoms with E-state index in [1.165, 1.54) is 18.0 Å². The van der Waals surface area contributed by atoms with Gasteiger partial charge < -0.3 is 19.9 Å². The predicted octanol–water partition coefficient (Wildman–Crippen LogP) is -0.208. The first-order chi connectivity index (χ1) is 9.19. The summed E-state index contributed by atoms with van der Waals surface area (Å²) in [5.74, 6) is -0.00345. The first-order valence-electron chi connectivity index (χ1n) is 5.80. The molecule has 0 aliphatic rings. The fourth-order valence-corrected chi connectivity index (χ4v) is 1.34. The van der Waals surface area contributed by atoms with Gasteiger partial charge in [-0.05, 0) is 0 Å². The van der Waals surface area contributed by atoms with Gasteiger partial charge in [-0.25, -0.2) is 0 Å². The Balaban J connectivity index is 2.28. The summed E-state index contributed by atoms with van der Waals surface area (Å²) in [5, 5.41) is 14.6. The van der Waals surface area contributed by atoms with Crippen molar-refractivity contribution in [1.82, 2.24) is 9.78 Å². The highest BCUT2D eigenvalue weighted by Gasteiger charge is 2.19. The Labute approximate surface area is 110 Å². The molecule has 9 nitrogen and oxygen atoms in total. The molecule has 0 unspecified atom stereocenters. The van der Waals surface area contributed by atoms with Crippen molar-refractivity contribution in [3.05, 3.63) is 16.3 Å². The lowest BCUT2D eigenvalue weighted by molar-refractivity contribution is -0.385. The van der Waals surface area contributed by atoms with Crippen LogP contribution >= 0.6 is 0 Å². The van der Waals surface area contributed by atoms with Crippen LogP contribution in [0.25, 0.3) is 0 Å². The number of hydrogen-bond donors (Lipinski definition) is 1. The maximum Gasteiger partial charge on any atom is 0.350 e. The summed E-state index contributed by atoms with van der Waals surface area (Å²) in [6.07, 6.45) is 1.31. The van der Waals surface area contributed by atoms with E-state index in [9.17, 15) is 10.1 Å². The van der Waals surface area contributed by atoms with Crippen molar-refractivity contribution in [2.45, 2.75) is 6.54 Å². The minimum absolute atomic E-state index is 0.00345. The summed E-state index contributed by atoms with van der Waals surface area (Å²) in [5.41, 5.74) is 5.10. The molecule has 0 saturated carbocycles. The molecule has 0 atom stereocenters. The summed E-state index contributed by atoms with van der Waals surface area (Å²) in [6.45, 7) is 2.69. The SMILES string of the molecule is COc1nn(CCOCCOCCN)cc1[N+](=O)[O-]. The third-order valence-corrected chi connectivity index (χ3v) is 2.20. The number of methoxy groups -OCH3 is 1. The van der Waals surface area contributed by atoms with E-state index in [-0.39, 0.29) is 11.6 Å². The second kappa shape index (κ2) is 8.40. The van der Waals surface area contributed by atoms with Crippen molar-refractivity contribution in [1.29, 1.82) is 0 Å². The zero-order valence-corrected chi connectivity index (χ0v) is 10.8. The maximum atomic E-state index is 10.7. The molecule has 0 bridgehead atoms. The quantitative estimate of drug-likeness (QED) is 0.356. The topological polar surface area (TPSA) is 115 Å². The van der Waals surface area contributed by atoms with Gasteiger partial charge in [0, 0.05) is 6.54 Å². The van der Waals surface area contributed by atoms with Crippen molar-refractivity contribution in [3.63, 3.8) is 0 Å². The Morgan fingerprint density at radius 1 is 1.37 bits per heavy atom. The Bertz CT molecular complexity index is 395. The normalized spacial score (nSPS) is 10.6. The lowest BCUT2D eigenvalue weighted by Gasteiger charge is -2.04. The highest BCUT2D eigenvalue weighted by atomic mass is 16.6. The molecular weight excluding hydrogens is 256 g/mol. The van der Waals surface area contributed by atoms with E-state index >= 15 is 0 Å². The molecule has 0 saturated heterocycles. The number of nitrogens with two attached hydrogens (primary N) is 1. The van der Waals surface area contributed by atoms with Crippen LogP contribution in [0.15, 0.2) is 6.20 Å². The van der Waals surface area contributed by atoms with Crippen LogP contribution in [0.3, 0.4) is 0 Å².